The standard InChI is InChI=1S/C17H19N/c1-2-16-12-6-7-13-17(16)18-14-8-11-15-9-4-3-5-10-15/h3-13,18H,2,14H2,1H3. The summed E-state index contributed by atoms with van der Waals surface area (Å²) >= 11 is 0. The first kappa shape index (κ1) is 12.4. The van der Waals surface area contributed by atoms with Gasteiger partial charge in [0.05, 0.1) is 0 Å². The highest BCUT2D eigenvalue weighted by atomic mass is 14.9. The second-order valence-corrected chi connectivity index (χ2v) is 4.20. The molecule has 0 unspecified atom stereocenters. The molecule has 0 saturated carbocycles. The molecule has 2 rings (SSSR count). The van der Waals surface area contributed by atoms with E-state index in [9.17, 15) is 0 Å². The van der Waals surface area contributed by atoms with Crippen molar-refractivity contribution >= 4 is 11.8 Å². The lowest BCUT2D eigenvalue weighted by Crippen LogP contribution is -2.00. The lowest BCUT2D eigenvalue weighted by atomic mass is 10.1. The minimum atomic E-state index is 0.853. The Labute approximate surface area is 109 Å². The van der Waals surface area contributed by atoms with Crippen molar-refractivity contribution in [2.45, 2.75) is 13.3 Å². The first-order valence-electron chi connectivity index (χ1n) is 6.43. The van der Waals surface area contributed by atoms with Crippen molar-refractivity contribution in [1.82, 2.24) is 0 Å². The van der Waals surface area contributed by atoms with E-state index in [2.05, 4.69) is 72.9 Å². The van der Waals surface area contributed by atoms with E-state index in [1.54, 1.807) is 0 Å². The third-order valence-corrected chi connectivity index (χ3v) is 2.92. The highest BCUT2D eigenvalue weighted by Gasteiger charge is 1.96. The normalized spacial score (nSPS) is 10.7. The number of anilines is 1. The van der Waals surface area contributed by atoms with Gasteiger partial charge in [-0.15, -0.1) is 0 Å². The molecule has 0 aliphatic heterocycles. The number of aryl methyl sites for hydroxylation is 1. The molecule has 0 aliphatic rings. The Kier molecular flexibility index (Phi) is 4.60. The van der Waals surface area contributed by atoms with Crippen LogP contribution in [-0.4, -0.2) is 6.54 Å². The van der Waals surface area contributed by atoms with E-state index in [1.807, 2.05) is 6.07 Å². The molecule has 0 heterocycles. The van der Waals surface area contributed by atoms with E-state index < -0.39 is 0 Å². The summed E-state index contributed by atoms with van der Waals surface area (Å²) in [7, 11) is 0. The molecule has 0 saturated heterocycles. The monoisotopic (exact) mass is 237 g/mol. The molecule has 0 amide bonds. The summed E-state index contributed by atoms with van der Waals surface area (Å²) in [4.78, 5) is 0. The Morgan fingerprint density at radius 1 is 0.944 bits per heavy atom. The van der Waals surface area contributed by atoms with Crippen molar-refractivity contribution in [2.24, 2.45) is 0 Å². The molecule has 2 aromatic carbocycles. The van der Waals surface area contributed by atoms with Gasteiger partial charge in [-0.2, -0.15) is 0 Å². The van der Waals surface area contributed by atoms with E-state index in [1.165, 1.54) is 16.8 Å². The minimum absolute atomic E-state index is 0.853. The number of nitrogens with one attached hydrogen (secondary N) is 1. The first-order chi connectivity index (χ1) is 8.90. The van der Waals surface area contributed by atoms with Gasteiger partial charge in [-0.05, 0) is 23.6 Å². The second-order valence-electron chi connectivity index (χ2n) is 4.20. The smallest absolute Gasteiger partial charge is 0.0375 e. The molecule has 1 nitrogen and oxygen atoms in total. The second kappa shape index (κ2) is 6.65. The quantitative estimate of drug-likeness (QED) is 0.814. The number of rotatable bonds is 5. The molecule has 1 heteroatoms. The molecule has 0 bridgehead atoms. The van der Waals surface area contributed by atoms with Gasteiger partial charge in [-0.25, -0.2) is 0 Å². The summed E-state index contributed by atoms with van der Waals surface area (Å²) in [5.74, 6) is 0. The maximum atomic E-state index is 3.45. The predicted molar refractivity (Wildman–Crippen MR) is 79.8 cm³/mol. The van der Waals surface area contributed by atoms with Crippen molar-refractivity contribution in [1.29, 1.82) is 0 Å². The molecule has 0 aliphatic carbocycles. The van der Waals surface area contributed by atoms with Gasteiger partial charge in [-0.3, -0.25) is 0 Å². The van der Waals surface area contributed by atoms with Gasteiger partial charge >= 0.3 is 0 Å². The van der Waals surface area contributed by atoms with Gasteiger partial charge in [-0.1, -0.05) is 67.6 Å². The van der Waals surface area contributed by atoms with Gasteiger partial charge in [0.15, 0.2) is 0 Å². The zero-order valence-electron chi connectivity index (χ0n) is 10.8. The van der Waals surface area contributed by atoms with Crippen LogP contribution in [0.4, 0.5) is 5.69 Å². The van der Waals surface area contributed by atoms with Crippen LogP contribution in [0.15, 0.2) is 60.7 Å². The van der Waals surface area contributed by atoms with Gasteiger partial charge in [0, 0.05) is 12.2 Å². The van der Waals surface area contributed by atoms with Crippen LogP contribution in [0.3, 0.4) is 0 Å². The molecule has 2 aromatic rings. The average molecular weight is 237 g/mol. The predicted octanol–water partition coefficient (Wildman–Crippen LogP) is 4.37. The largest absolute Gasteiger partial charge is 0.381 e. The van der Waals surface area contributed by atoms with Crippen LogP contribution in [-0.2, 0) is 6.42 Å². The summed E-state index contributed by atoms with van der Waals surface area (Å²) in [6, 6.07) is 18.8. The van der Waals surface area contributed by atoms with Gasteiger partial charge < -0.3 is 5.32 Å². The lowest BCUT2D eigenvalue weighted by molar-refractivity contribution is 1.13. The van der Waals surface area contributed by atoms with Crippen molar-refractivity contribution in [3.05, 3.63) is 71.8 Å². The molecular weight excluding hydrogens is 218 g/mol. The van der Waals surface area contributed by atoms with Crippen LogP contribution in [0, 0.1) is 0 Å². The van der Waals surface area contributed by atoms with Crippen molar-refractivity contribution in [3.8, 4) is 0 Å². The minimum Gasteiger partial charge on any atom is -0.381 e. The topological polar surface area (TPSA) is 12.0 Å². The van der Waals surface area contributed by atoms with Crippen molar-refractivity contribution in [3.63, 3.8) is 0 Å². The van der Waals surface area contributed by atoms with Gasteiger partial charge in [0.25, 0.3) is 0 Å². The maximum absolute atomic E-state index is 3.45. The van der Waals surface area contributed by atoms with Crippen LogP contribution in [0.1, 0.15) is 18.1 Å². The van der Waals surface area contributed by atoms with E-state index in [-0.39, 0.29) is 0 Å². The van der Waals surface area contributed by atoms with Crippen LogP contribution < -0.4 is 5.32 Å². The molecule has 1 N–H and O–H groups in total. The van der Waals surface area contributed by atoms with Gasteiger partial charge in [0.2, 0.25) is 0 Å². The fourth-order valence-corrected chi connectivity index (χ4v) is 1.93. The summed E-state index contributed by atoms with van der Waals surface area (Å²) in [6.45, 7) is 3.03. The Balaban J connectivity index is 1.91. The Morgan fingerprint density at radius 2 is 1.67 bits per heavy atom. The third-order valence-electron chi connectivity index (χ3n) is 2.92. The maximum Gasteiger partial charge on any atom is 0.0375 e. The molecule has 0 radical (unpaired) electrons. The molecule has 18 heavy (non-hydrogen) atoms. The molecule has 0 atom stereocenters. The summed E-state index contributed by atoms with van der Waals surface area (Å²) in [6.07, 6.45) is 5.36. The zero-order chi connectivity index (χ0) is 12.6. The van der Waals surface area contributed by atoms with Gasteiger partial charge in [0.1, 0.15) is 0 Å². The molecule has 0 aromatic heterocycles. The number of hydrogen-bond acceptors (Lipinski definition) is 1. The SMILES string of the molecule is CCc1ccccc1NCC=Cc1ccccc1. The molecule has 92 valence electrons. The van der Waals surface area contributed by atoms with Crippen molar-refractivity contribution < 1.29 is 0 Å². The summed E-state index contributed by atoms with van der Waals surface area (Å²) < 4.78 is 0. The molecule has 0 fully saturated rings. The van der Waals surface area contributed by atoms with E-state index in [0.29, 0.717) is 0 Å². The lowest BCUT2D eigenvalue weighted by Gasteiger charge is -2.08. The average Bonchev–Trinajstić information content (AvgIpc) is 2.45. The highest BCUT2D eigenvalue weighted by molar-refractivity contribution is 5.53. The first-order valence-corrected chi connectivity index (χ1v) is 6.43. The Morgan fingerprint density at radius 3 is 2.44 bits per heavy atom. The third kappa shape index (κ3) is 3.49. The summed E-state index contributed by atoms with van der Waals surface area (Å²) in [5.41, 5.74) is 3.84. The van der Waals surface area contributed by atoms with E-state index in [4.69, 9.17) is 0 Å². The number of para-hydroxylation sites is 1. The Bertz CT molecular complexity index is 500. The van der Waals surface area contributed by atoms with Crippen LogP contribution in [0.25, 0.3) is 6.08 Å². The number of benzene rings is 2. The number of hydrogen-bond donors (Lipinski definition) is 1. The molecule has 0 spiro atoms. The van der Waals surface area contributed by atoms with E-state index >= 15 is 0 Å². The zero-order valence-corrected chi connectivity index (χ0v) is 10.8. The summed E-state index contributed by atoms with van der Waals surface area (Å²) in [5, 5.41) is 3.45. The van der Waals surface area contributed by atoms with Crippen LogP contribution in [0.2, 0.25) is 0 Å². The fraction of sp³-hybridized carbons (Fsp3) is 0.176. The highest BCUT2D eigenvalue weighted by Crippen LogP contribution is 2.14. The van der Waals surface area contributed by atoms with Crippen molar-refractivity contribution in [2.75, 3.05) is 11.9 Å². The van der Waals surface area contributed by atoms with Crippen LogP contribution >= 0.6 is 0 Å². The Hall–Kier alpha value is -2.02. The molecular formula is C17H19N. The van der Waals surface area contributed by atoms with E-state index in [0.717, 1.165) is 13.0 Å². The fourth-order valence-electron chi connectivity index (χ4n) is 1.93. The van der Waals surface area contributed by atoms with Crippen LogP contribution in [0.5, 0.6) is 0 Å².